The van der Waals surface area contributed by atoms with Gasteiger partial charge in [-0.3, -0.25) is 4.79 Å². The molecule has 0 bridgehead atoms. The first-order valence-corrected chi connectivity index (χ1v) is 8.01. The molecule has 0 fully saturated rings. The maximum Gasteiger partial charge on any atom is 0.417 e. The highest BCUT2D eigenvalue weighted by molar-refractivity contribution is 5.73. The van der Waals surface area contributed by atoms with Crippen molar-refractivity contribution in [2.24, 2.45) is 0 Å². The Bertz CT molecular complexity index is 833. The smallest absolute Gasteiger partial charge is 0.367 e. The zero-order valence-electron chi connectivity index (χ0n) is 14.7. The highest BCUT2D eigenvalue weighted by atomic mass is 19.4. The van der Waals surface area contributed by atoms with Crippen LogP contribution >= 0.6 is 0 Å². The Kier molecular flexibility index (Phi) is 6.15. The fraction of sp³-hybridized carbons (Fsp3) is 0.353. The summed E-state index contributed by atoms with van der Waals surface area (Å²) >= 11 is 0. The topological polar surface area (TPSA) is 66.9 Å². The van der Waals surface area contributed by atoms with Crippen LogP contribution in [0.15, 0.2) is 30.3 Å². The number of hydrogen-bond donors (Lipinski definition) is 2. The number of halogens is 6. The van der Waals surface area contributed by atoms with Crippen LogP contribution < -0.4 is 10.6 Å². The van der Waals surface area contributed by atoms with Gasteiger partial charge in [0, 0.05) is 25.1 Å². The molecule has 1 amide bonds. The third-order valence-electron chi connectivity index (χ3n) is 3.63. The maximum absolute atomic E-state index is 13.2. The van der Waals surface area contributed by atoms with E-state index in [4.69, 9.17) is 0 Å². The second-order valence-electron chi connectivity index (χ2n) is 6.04. The first kappa shape index (κ1) is 21.5. The molecule has 1 aromatic carbocycles. The third kappa shape index (κ3) is 5.57. The van der Waals surface area contributed by atoms with Crippen LogP contribution in [0, 0.1) is 0 Å². The fourth-order valence-corrected chi connectivity index (χ4v) is 2.40. The Balaban J connectivity index is 2.26. The SMILES string of the molecule is CC(=O)N[C@H](C)CNc1ccc(-c2ccc(C(F)(F)F)cc2C(F)(F)F)nn1. The van der Waals surface area contributed by atoms with Crippen LogP contribution in [0.4, 0.5) is 32.2 Å². The molecule has 2 rings (SSSR count). The molecule has 5 nitrogen and oxygen atoms in total. The number of amides is 1. The van der Waals surface area contributed by atoms with Crippen molar-refractivity contribution in [3.05, 3.63) is 41.5 Å². The summed E-state index contributed by atoms with van der Waals surface area (Å²) in [6.45, 7) is 3.38. The van der Waals surface area contributed by atoms with Crippen molar-refractivity contribution in [2.75, 3.05) is 11.9 Å². The molecule has 0 aliphatic carbocycles. The number of hydrogen-bond acceptors (Lipinski definition) is 4. The van der Waals surface area contributed by atoms with Crippen molar-refractivity contribution in [1.29, 1.82) is 0 Å². The molecule has 1 aromatic heterocycles. The number of aromatic nitrogens is 2. The lowest BCUT2D eigenvalue weighted by molar-refractivity contribution is -0.142. The zero-order valence-corrected chi connectivity index (χ0v) is 14.7. The first-order chi connectivity index (χ1) is 12.9. The van der Waals surface area contributed by atoms with Crippen molar-refractivity contribution in [2.45, 2.75) is 32.2 Å². The molecule has 1 heterocycles. The Morgan fingerprint density at radius 1 is 1.04 bits per heavy atom. The minimum atomic E-state index is -5.00. The van der Waals surface area contributed by atoms with Gasteiger partial charge in [0.15, 0.2) is 0 Å². The number of benzene rings is 1. The summed E-state index contributed by atoms with van der Waals surface area (Å²) in [5.41, 5.74) is -3.58. The number of rotatable bonds is 5. The molecule has 0 unspecified atom stereocenters. The maximum atomic E-state index is 13.2. The normalized spacial score (nSPS) is 13.1. The average molecular weight is 406 g/mol. The van der Waals surface area contributed by atoms with Gasteiger partial charge in [-0.05, 0) is 31.2 Å². The van der Waals surface area contributed by atoms with Crippen LogP contribution in [0.1, 0.15) is 25.0 Å². The van der Waals surface area contributed by atoms with Crippen molar-refractivity contribution >= 4 is 11.7 Å². The lowest BCUT2D eigenvalue weighted by Crippen LogP contribution is -2.35. The summed E-state index contributed by atoms with van der Waals surface area (Å²) in [4.78, 5) is 10.9. The van der Waals surface area contributed by atoms with E-state index in [9.17, 15) is 31.1 Å². The van der Waals surface area contributed by atoms with E-state index in [1.807, 2.05) is 0 Å². The van der Waals surface area contributed by atoms with Gasteiger partial charge in [-0.1, -0.05) is 6.07 Å². The molecule has 0 radical (unpaired) electrons. The van der Waals surface area contributed by atoms with Gasteiger partial charge < -0.3 is 10.6 Å². The standard InChI is InChI=1S/C17H16F6N4O/c1-9(25-10(2)28)8-24-15-6-5-14(26-27-15)12-4-3-11(16(18,19)20)7-13(12)17(21,22)23/h3-7,9H,8H2,1-2H3,(H,24,27)(H,25,28)/t9-/m1/s1. The van der Waals surface area contributed by atoms with Gasteiger partial charge in [0.25, 0.3) is 0 Å². The lowest BCUT2D eigenvalue weighted by atomic mass is 10.0. The monoisotopic (exact) mass is 406 g/mol. The number of nitrogens with one attached hydrogen (secondary N) is 2. The summed E-state index contributed by atoms with van der Waals surface area (Å²) in [5.74, 6) is 0.0131. The molecule has 0 spiro atoms. The highest BCUT2D eigenvalue weighted by Crippen LogP contribution is 2.40. The van der Waals surface area contributed by atoms with E-state index in [1.165, 1.54) is 19.1 Å². The van der Waals surface area contributed by atoms with Crippen molar-refractivity contribution in [3.63, 3.8) is 0 Å². The van der Waals surface area contributed by atoms with E-state index in [-0.39, 0.29) is 29.5 Å². The summed E-state index contributed by atoms with van der Waals surface area (Å²) in [6, 6.07) is 3.68. The average Bonchev–Trinajstić information content (AvgIpc) is 2.58. The van der Waals surface area contributed by atoms with Gasteiger partial charge in [-0.2, -0.15) is 26.3 Å². The summed E-state index contributed by atoms with van der Waals surface area (Å²) in [6.07, 6.45) is -9.90. The lowest BCUT2D eigenvalue weighted by Gasteiger charge is -2.16. The largest absolute Gasteiger partial charge is 0.417 e. The van der Waals surface area contributed by atoms with E-state index in [2.05, 4.69) is 20.8 Å². The van der Waals surface area contributed by atoms with E-state index >= 15 is 0 Å². The molecular formula is C17H16F6N4O. The second kappa shape index (κ2) is 8.03. The zero-order chi connectivity index (χ0) is 21.1. The van der Waals surface area contributed by atoms with Crippen LogP contribution in [0.3, 0.4) is 0 Å². The second-order valence-corrected chi connectivity index (χ2v) is 6.04. The van der Waals surface area contributed by atoms with Crippen molar-refractivity contribution < 1.29 is 31.1 Å². The molecule has 28 heavy (non-hydrogen) atoms. The molecule has 11 heteroatoms. The Morgan fingerprint density at radius 2 is 1.71 bits per heavy atom. The molecule has 152 valence electrons. The van der Waals surface area contributed by atoms with Crippen LogP contribution in [0.5, 0.6) is 0 Å². The minimum absolute atomic E-state index is 0.0539. The van der Waals surface area contributed by atoms with E-state index in [0.29, 0.717) is 12.6 Å². The summed E-state index contributed by atoms with van der Waals surface area (Å²) < 4.78 is 77.9. The predicted molar refractivity (Wildman–Crippen MR) is 89.2 cm³/mol. The third-order valence-corrected chi connectivity index (χ3v) is 3.63. The summed E-state index contributed by atoms with van der Waals surface area (Å²) in [5, 5.41) is 12.9. The van der Waals surface area contributed by atoms with Crippen molar-refractivity contribution in [1.82, 2.24) is 15.5 Å². The fourth-order valence-electron chi connectivity index (χ4n) is 2.40. The molecule has 0 aliphatic rings. The quantitative estimate of drug-likeness (QED) is 0.734. The van der Waals surface area contributed by atoms with Gasteiger partial charge in [0.2, 0.25) is 5.91 Å². The van der Waals surface area contributed by atoms with Gasteiger partial charge in [0.1, 0.15) is 5.82 Å². The van der Waals surface area contributed by atoms with Crippen LogP contribution in [0.2, 0.25) is 0 Å². The van der Waals surface area contributed by atoms with Crippen LogP contribution in [0.25, 0.3) is 11.3 Å². The molecule has 1 atom stereocenters. The minimum Gasteiger partial charge on any atom is -0.367 e. The highest BCUT2D eigenvalue weighted by Gasteiger charge is 2.38. The number of carbonyl (C=O) groups is 1. The Hall–Kier alpha value is -2.85. The Labute approximate surface area is 156 Å². The van der Waals surface area contributed by atoms with E-state index in [1.54, 1.807) is 6.92 Å². The van der Waals surface area contributed by atoms with Gasteiger partial charge in [0.05, 0.1) is 16.8 Å². The van der Waals surface area contributed by atoms with Crippen LogP contribution in [-0.2, 0) is 17.1 Å². The number of carbonyl (C=O) groups excluding carboxylic acids is 1. The molecule has 2 N–H and O–H groups in total. The molecule has 2 aromatic rings. The number of alkyl halides is 6. The van der Waals surface area contributed by atoms with Crippen molar-refractivity contribution in [3.8, 4) is 11.3 Å². The predicted octanol–water partition coefficient (Wildman–Crippen LogP) is 4.12. The molecule has 0 saturated carbocycles. The van der Waals surface area contributed by atoms with E-state index in [0.717, 1.165) is 6.07 Å². The number of nitrogens with zero attached hydrogens (tertiary/aromatic N) is 2. The van der Waals surface area contributed by atoms with Gasteiger partial charge >= 0.3 is 12.4 Å². The molecular weight excluding hydrogens is 390 g/mol. The molecule has 0 aliphatic heterocycles. The van der Waals surface area contributed by atoms with E-state index < -0.39 is 29.0 Å². The first-order valence-electron chi connectivity index (χ1n) is 8.01. The molecule has 0 saturated heterocycles. The summed E-state index contributed by atoms with van der Waals surface area (Å²) in [7, 11) is 0. The van der Waals surface area contributed by atoms with Crippen LogP contribution in [-0.4, -0.2) is 28.7 Å². The Morgan fingerprint density at radius 3 is 2.21 bits per heavy atom. The number of anilines is 1. The van der Waals surface area contributed by atoms with Gasteiger partial charge in [-0.15, -0.1) is 10.2 Å². The van der Waals surface area contributed by atoms with Gasteiger partial charge in [-0.25, -0.2) is 0 Å².